The van der Waals surface area contributed by atoms with Crippen LogP contribution >= 0.6 is 11.8 Å². The number of aromatic amines is 1. The van der Waals surface area contributed by atoms with Gasteiger partial charge in [0, 0.05) is 48.5 Å². The lowest BCUT2D eigenvalue weighted by molar-refractivity contribution is 0.123. The molecule has 3 atom stereocenters. The minimum Gasteiger partial charge on any atom is -0.349 e. The molecular formula is C22H32N4OS. The molecule has 2 aliphatic rings. The standard InChI is InChI=1S/C22H32N4OS/c1-5-26(6-2)22(27)23-14-11-16-15-9-8-10-18-20(15)17(21(24-18)28-7-3)12-19(16)25(4)13-14/h8-10,14,16,19,24H,5-7,11-13H2,1-4H3,(H,23,27)/t14-,16+,19+/m0/s1. The Morgan fingerprint density at radius 2 is 2.11 bits per heavy atom. The summed E-state index contributed by atoms with van der Waals surface area (Å²) in [5, 5.41) is 6.07. The van der Waals surface area contributed by atoms with E-state index in [2.05, 4.69) is 47.4 Å². The Morgan fingerprint density at radius 3 is 2.82 bits per heavy atom. The summed E-state index contributed by atoms with van der Waals surface area (Å²) in [5.41, 5.74) is 4.21. The number of urea groups is 1. The second kappa shape index (κ2) is 7.99. The third kappa shape index (κ3) is 3.30. The molecule has 0 bridgehead atoms. The van der Waals surface area contributed by atoms with Gasteiger partial charge in [0.25, 0.3) is 0 Å². The number of likely N-dealkylation sites (tertiary alicyclic amines) is 1. The largest absolute Gasteiger partial charge is 0.349 e. The molecule has 1 aliphatic carbocycles. The fraction of sp³-hybridized carbons (Fsp3) is 0.591. The van der Waals surface area contributed by atoms with Gasteiger partial charge < -0.3 is 20.1 Å². The van der Waals surface area contributed by atoms with Crippen LogP contribution in [-0.4, -0.2) is 65.3 Å². The average molecular weight is 401 g/mol. The topological polar surface area (TPSA) is 51.4 Å². The number of likely N-dealkylation sites (N-methyl/N-ethyl adjacent to an activating group) is 1. The number of nitrogens with zero attached hydrogens (tertiary/aromatic N) is 2. The predicted molar refractivity (Wildman–Crippen MR) is 117 cm³/mol. The molecule has 1 aromatic heterocycles. The Kier molecular flexibility index (Phi) is 5.61. The number of rotatable bonds is 5. The highest BCUT2D eigenvalue weighted by Crippen LogP contribution is 2.45. The molecule has 5 nitrogen and oxygen atoms in total. The zero-order valence-corrected chi connectivity index (χ0v) is 18.2. The van der Waals surface area contributed by atoms with Crippen LogP contribution in [-0.2, 0) is 6.42 Å². The lowest BCUT2D eigenvalue weighted by Gasteiger charge is -2.46. The van der Waals surface area contributed by atoms with Crippen molar-refractivity contribution in [3.8, 4) is 0 Å². The molecule has 1 saturated heterocycles. The number of H-pyrrole nitrogens is 1. The maximum atomic E-state index is 12.6. The van der Waals surface area contributed by atoms with Crippen molar-refractivity contribution >= 4 is 28.7 Å². The Bertz CT molecular complexity index is 860. The Balaban J connectivity index is 1.64. The van der Waals surface area contributed by atoms with E-state index < -0.39 is 0 Å². The van der Waals surface area contributed by atoms with E-state index in [-0.39, 0.29) is 12.1 Å². The summed E-state index contributed by atoms with van der Waals surface area (Å²) in [6.07, 6.45) is 2.11. The molecule has 6 heteroatoms. The lowest BCUT2D eigenvalue weighted by atomic mass is 9.74. The van der Waals surface area contributed by atoms with Crippen molar-refractivity contribution in [1.29, 1.82) is 0 Å². The molecule has 2 heterocycles. The molecular weight excluding hydrogens is 368 g/mol. The summed E-state index contributed by atoms with van der Waals surface area (Å²) in [5.74, 6) is 1.55. The number of hydrogen-bond acceptors (Lipinski definition) is 3. The molecule has 0 unspecified atom stereocenters. The molecule has 2 amide bonds. The number of carbonyl (C=O) groups excluding carboxylic acids is 1. The highest BCUT2D eigenvalue weighted by Gasteiger charge is 2.40. The van der Waals surface area contributed by atoms with E-state index in [4.69, 9.17) is 0 Å². The van der Waals surface area contributed by atoms with Gasteiger partial charge in [-0.25, -0.2) is 4.79 Å². The number of hydrogen-bond donors (Lipinski definition) is 2. The molecule has 0 spiro atoms. The maximum absolute atomic E-state index is 12.6. The molecule has 0 saturated carbocycles. The second-order valence-electron chi connectivity index (χ2n) is 8.01. The highest BCUT2D eigenvalue weighted by molar-refractivity contribution is 7.99. The van der Waals surface area contributed by atoms with Crippen LogP contribution in [0.2, 0.25) is 0 Å². The molecule has 1 aromatic carbocycles. The average Bonchev–Trinajstić information content (AvgIpc) is 3.03. The van der Waals surface area contributed by atoms with Crippen LogP contribution in [0.4, 0.5) is 4.79 Å². The van der Waals surface area contributed by atoms with E-state index in [1.54, 1.807) is 0 Å². The smallest absolute Gasteiger partial charge is 0.317 e. The number of amides is 2. The lowest BCUT2D eigenvalue weighted by Crippen LogP contribution is -2.56. The number of nitrogens with one attached hydrogen (secondary N) is 2. The summed E-state index contributed by atoms with van der Waals surface area (Å²) < 4.78 is 0. The van der Waals surface area contributed by atoms with Gasteiger partial charge in [-0.2, -0.15) is 0 Å². The van der Waals surface area contributed by atoms with E-state index in [1.165, 1.54) is 27.1 Å². The molecule has 1 fully saturated rings. The van der Waals surface area contributed by atoms with Crippen LogP contribution in [0.1, 0.15) is 44.2 Å². The maximum Gasteiger partial charge on any atom is 0.317 e. The van der Waals surface area contributed by atoms with Crippen molar-refractivity contribution in [2.75, 3.05) is 32.4 Å². The summed E-state index contributed by atoms with van der Waals surface area (Å²) in [4.78, 5) is 20.6. The number of piperidine rings is 1. The van der Waals surface area contributed by atoms with E-state index >= 15 is 0 Å². The van der Waals surface area contributed by atoms with E-state index in [0.717, 1.165) is 38.2 Å². The van der Waals surface area contributed by atoms with Crippen LogP contribution in [0, 0.1) is 0 Å². The number of fused-ring (bicyclic) bond motifs is 2. The summed E-state index contributed by atoms with van der Waals surface area (Å²) in [6.45, 7) is 8.70. The van der Waals surface area contributed by atoms with Crippen molar-refractivity contribution in [2.24, 2.45) is 0 Å². The van der Waals surface area contributed by atoms with E-state index in [1.807, 2.05) is 30.5 Å². The van der Waals surface area contributed by atoms with Crippen molar-refractivity contribution in [3.63, 3.8) is 0 Å². The third-order valence-corrected chi connectivity index (χ3v) is 7.40. The van der Waals surface area contributed by atoms with Gasteiger partial charge in [-0.1, -0.05) is 19.1 Å². The van der Waals surface area contributed by atoms with Gasteiger partial charge in [-0.3, -0.25) is 0 Å². The van der Waals surface area contributed by atoms with Crippen LogP contribution < -0.4 is 5.32 Å². The van der Waals surface area contributed by atoms with Crippen molar-refractivity contribution in [2.45, 2.75) is 56.6 Å². The van der Waals surface area contributed by atoms with Gasteiger partial charge in [0.2, 0.25) is 0 Å². The normalized spacial score (nSPS) is 24.2. The van der Waals surface area contributed by atoms with Gasteiger partial charge in [0.05, 0.1) is 5.03 Å². The molecule has 152 valence electrons. The first-order valence-corrected chi connectivity index (χ1v) is 11.6. The van der Waals surface area contributed by atoms with Gasteiger partial charge in [0.1, 0.15) is 0 Å². The molecule has 2 N–H and O–H groups in total. The van der Waals surface area contributed by atoms with Gasteiger partial charge in [-0.15, -0.1) is 11.8 Å². The van der Waals surface area contributed by atoms with Crippen LogP contribution in [0.25, 0.3) is 10.9 Å². The van der Waals surface area contributed by atoms with Crippen LogP contribution in [0.5, 0.6) is 0 Å². The van der Waals surface area contributed by atoms with Crippen LogP contribution in [0.15, 0.2) is 23.2 Å². The van der Waals surface area contributed by atoms with Crippen molar-refractivity contribution in [3.05, 3.63) is 29.3 Å². The molecule has 1 aliphatic heterocycles. The Morgan fingerprint density at radius 1 is 1.32 bits per heavy atom. The number of aromatic nitrogens is 1. The fourth-order valence-electron chi connectivity index (χ4n) is 5.14. The third-order valence-electron chi connectivity index (χ3n) is 6.48. The number of carbonyl (C=O) groups is 1. The summed E-state index contributed by atoms with van der Waals surface area (Å²) >= 11 is 1.92. The van der Waals surface area contributed by atoms with E-state index in [0.29, 0.717) is 12.0 Å². The summed E-state index contributed by atoms with van der Waals surface area (Å²) in [7, 11) is 2.22. The SMILES string of the molecule is CCSc1[nH]c2cccc3c2c1C[C@@H]1[C@@H]3C[C@H](NC(=O)N(CC)CC)CN1C. The highest BCUT2D eigenvalue weighted by atomic mass is 32.2. The second-order valence-corrected chi connectivity index (χ2v) is 9.28. The van der Waals surface area contributed by atoms with Gasteiger partial charge in [0.15, 0.2) is 0 Å². The fourth-order valence-corrected chi connectivity index (χ4v) is 5.98. The van der Waals surface area contributed by atoms with Gasteiger partial charge >= 0.3 is 6.03 Å². The van der Waals surface area contributed by atoms with Crippen LogP contribution in [0.3, 0.4) is 0 Å². The molecule has 2 aromatic rings. The Hall–Kier alpha value is -1.66. The zero-order chi connectivity index (χ0) is 19.8. The zero-order valence-electron chi connectivity index (χ0n) is 17.4. The van der Waals surface area contributed by atoms with Crippen molar-refractivity contribution < 1.29 is 4.79 Å². The van der Waals surface area contributed by atoms with E-state index in [9.17, 15) is 4.79 Å². The minimum absolute atomic E-state index is 0.0693. The first-order valence-electron chi connectivity index (χ1n) is 10.6. The number of thioether (sulfide) groups is 1. The first-order chi connectivity index (χ1) is 13.6. The number of benzene rings is 1. The predicted octanol–water partition coefficient (Wildman–Crippen LogP) is 4.04. The van der Waals surface area contributed by atoms with Gasteiger partial charge in [-0.05, 0) is 56.7 Å². The minimum atomic E-state index is 0.0693. The molecule has 0 radical (unpaired) electrons. The quantitative estimate of drug-likeness (QED) is 0.745. The molecule has 4 rings (SSSR count). The van der Waals surface area contributed by atoms with Crippen molar-refractivity contribution in [1.82, 2.24) is 20.1 Å². The molecule has 28 heavy (non-hydrogen) atoms. The summed E-state index contributed by atoms with van der Waals surface area (Å²) in [6, 6.07) is 7.46. The monoisotopic (exact) mass is 400 g/mol. The first kappa shape index (κ1) is 19.6. The Labute approximate surface area is 172 Å².